The summed E-state index contributed by atoms with van der Waals surface area (Å²) < 4.78 is 1.12. The molecule has 1 heterocycles. The highest BCUT2D eigenvalue weighted by molar-refractivity contribution is 9.10. The van der Waals surface area contributed by atoms with Crippen LogP contribution in [0, 0.1) is 0 Å². The largest absolute Gasteiger partial charge is 0.309 e. The van der Waals surface area contributed by atoms with Crippen molar-refractivity contribution in [2.24, 2.45) is 0 Å². The summed E-state index contributed by atoms with van der Waals surface area (Å²) in [6.45, 7) is 0.905. The van der Waals surface area contributed by atoms with E-state index in [1.165, 1.54) is 30.2 Å². The van der Waals surface area contributed by atoms with Crippen LogP contribution in [-0.4, -0.2) is 22.5 Å². The lowest BCUT2D eigenvalue weighted by Gasteiger charge is -2.19. The zero-order valence-corrected chi connectivity index (χ0v) is 14.0. The van der Waals surface area contributed by atoms with Gasteiger partial charge in [-0.1, -0.05) is 34.5 Å². The topological polar surface area (TPSA) is 24.9 Å². The predicted octanol–water partition coefficient (Wildman–Crippen LogP) is 4.37. The lowest BCUT2D eigenvalue weighted by atomic mass is 10.1. The van der Waals surface area contributed by atoms with Crippen LogP contribution in [0.25, 0.3) is 10.9 Å². The Hall–Kier alpha value is -0.580. The lowest BCUT2D eigenvalue weighted by molar-refractivity contribution is 0.533. The molecule has 2 unspecified atom stereocenters. The maximum atomic E-state index is 4.55. The van der Waals surface area contributed by atoms with Gasteiger partial charge in [0, 0.05) is 33.9 Å². The van der Waals surface area contributed by atoms with Crippen LogP contribution in [0.1, 0.15) is 24.8 Å². The minimum Gasteiger partial charge on any atom is -0.309 e. The molecule has 1 fully saturated rings. The first-order valence-electron chi connectivity index (χ1n) is 7.08. The van der Waals surface area contributed by atoms with Crippen molar-refractivity contribution in [3.8, 4) is 0 Å². The molecule has 0 aliphatic heterocycles. The quantitative estimate of drug-likeness (QED) is 0.885. The maximum absolute atomic E-state index is 4.55. The second-order valence-corrected chi connectivity index (χ2v) is 7.23. The molecule has 0 radical (unpaired) electrons. The van der Waals surface area contributed by atoms with Gasteiger partial charge in [0.05, 0.1) is 5.52 Å². The maximum Gasteiger partial charge on any atom is 0.0758 e. The first-order valence-corrected chi connectivity index (χ1v) is 9.16. The Morgan fingerprint density at radius 1 is 1.35 bits per heavy atom. The minimum absolute atomic E-state index is 0.646. The van der Waals surface area contributed by atoms with E-state index in [1.54, 1.807) is 0 Å². The van der Waals surface area contributed by atoms with E-state index in [4.69, 9.17) is 0 Å². The Morgan fingerprint density at radius 3 is 3.10 bits per heavy atom. The van der Waals surface area contributed by atoms with Gasteiger partial charge in [-0.25, -0.2) is 0 Å². The van der Waals surface area contributed by atoms with Gasteiger partial charge in [0.2, 0.25) is 0 Å². The molecule has 0 bridgehead atoms. The van der Waals surface area contributed by atoms with E-state index in [-0.39, 0.29) is 0 Å². The van der Waals surface area contributed by atoms with E-state index < -0.39 is 0 Å². The van der Waals surface area contributed by atoms with Crippen LogP contribution >= 0.6 is 27.7 Å². The first-order chi connectivity index (χ1) is 9.79. The second kappa shape index (κ2) is 6.46. The summed E-state index contributed by atoms with van der Waals surface area (Å²) in [5, 5.41) is 5.70. The van der Waals surface area contributed by atoms with Crippen LogP contribution in [0.4, 0.5) is 0 Å². The van der Waals surface area contributed by atoms with Gasteiger partial charge in [-0.05, 0) is 36.8 Å². The highest BCUT2D eigenvalue weighted by Gasteiger charge is 2.25. The van der Waals surface area contributed by atoms with Gasteiger partial charge < -0.3 is 5.32 Å². The van der Waals surface area contributed by atoms with Crippen molar-refractivity contribution in [2.45, 2.75) is 37.1 Å². The third kappa shape index (κ3) is 2.87. The molecule has 0 saturated heterocycles. The zero-order valence-electron chi connectivity index (χ0n) is 11.6. The summed E-state index contributed by atoms with van der Waals surface area (Å²) in [4.78, 5) is 4.55. The molecule has 1 aromatic heterocycles. The molecule has 1 aromatic carbocycles. The van der Waals surface area contributed by atoms with Crippen LogP contribution in [0.15, 0.2) is 34.9 Å². The third-order valence-electron chi connectivity index (χ3n) is 4.11. The molecular weight excluding hydrogens is 332 g/mol. The molecular formula is C16H19BrN2S. The number of aromatic nitrogens is 1. The Labute approximate surface area is 132 Å². The average molecular weight is 351 g/mol. The van der Waals surface area contributed by atoms with Crippen LogP contribution in [0.5, 0.6) is 0 Å². The van der Waals surface area contributed by atoms with E-state index in [1.807, 2.05) is 24.0 Å². The molecule has 4 heteroatoms. The number of thioether (sulfide) groups is 1. The number of hydrogen-bond acceptors (Lipinski definition) is 3. The van der Waals surface area contributed by atoms with Gasteiger partial charge in [0.1, 0.15) is 0 Å². The number of nitrogens with zero attached hydrogens (tertiary/aromatic N) is 1. The van der Waals surface area contributed by atoms with Crippen LogP contribution < -0.4 is 5.32 Å². The molecule has 1 aliphatic rings. The predicted molar refractivity (Wildman–Crippen MR) is 91.2 cm³/mol. The molecule has 2 aromatic rings. The molecule has 3 rings (SSSR count). The van der Waals surface area contributed by atoms with Crippen molar-refractivity contribution in [1.82, 2.24) is 10.3 Å². The van der Waals surface area contributed by atoms with Gasteiger partial charge >= 0.3 is 0 Å². The van der Waals surface area contributed by atoms with Crippen molar-refractivity contribution >= 4 is 38.6 Å². The molecule has 106 valence electrons. The third-order valence-corrected chi connectivity index (χ3v) is 5.97. The summed E-state index contributed by atoms with van der Waals surface area (Å²) in [5.74, 6) is 0. The standard InChI is InChI=1S/C16H19BrN2S/c1-20-15-6-2-5-14(15)19-10-11-7-8-13(17)12-4-3-9-18-16(11)12/h3-4,7-9,14-15,19H,2,5-6,10H2,1H3. The molecule has 1 aliphatic carbocycles. The number of fused-ring (bicyclic) bond motifs is 1. The Kier molecular flexibility index (Phi) is 4.64. The molecule has 0 amide bonds. The van der Waals surface area contributed by atoms with Crippen LogP contribution in [0.2, 0.25) is 0 Å². The Morgan fingerprint density at radius 2 is 2.25 bits per heavy atom. The monoisotopic (exact) mass is 350 g/mol. The molecule has 1 saturated carbocycles. The fourth-order valence-corrected chi connectivity index (χ4v) is 4.44. The van der Waals surface area contributed by atoms with Crippen molar-refractivity contribution in [1.29, 1.82) is 0 Å². The lowest BCUT2D eigenvalue weighted by Crippen LogP contribution is -2.33. The smallest absolute Gasteiger partial charge is 0.0758 e. The summed E-state index contributed by atoms with van der Waals surface area (Å²) in [6.07, 6.45) is 8.09. The number of pyridine rings is 1. The zero-order chi connectivity index (χ0) is 13.9. The number of halogens is 1. The highest BCUT2D eigenvalue weighted by atomic mass is 79.9. The van der Waals surface area contributed by atoms with Gasteiger partial charge in [-0.3, -0.25) is 4.98 Å². The van der Waals surface area contributed by atoms with E-state index in [0.29, 0.717) is 6.04 Å². The second-order valence-electron chi connectivity index (χ2n) is 5.30. The first kappa shape index (κ1) is 14.4. The van der Waals surface area contributed by atoms with E-state index >= 15 is 0 Å². The summed E-state index contributed by atoms with van der Waals surface area (Å²) in [5.41, 5.74) is 2.39. The van der Waals surface area contributed by atoms with E-state index in [0.717, 1.165) is 21.8 Å². The fraction of sp³-hybridized carbons (Fsp3) is 0.438. The van der Waals surface area contributed by atoms with Crippen molar-refractivity contribution in [3.63, 3.8) is 0 Å². The van der Waals surface area contributed by atoms with Crippen molar-refractivity contribution in [2.75, 3.05) is 6.26 Å². The van der Waals surface area contributed by atoms with Crippen LogP contribution in [-0.2, 0) is 6.54 Å². The Balaban J connectivity index is 1.79. The minimum atomic E-state index is 0.646. The van der Waals surface area contributed by atoms with Crippen molar-refractivity contribution in [3.05, 3.63) is 40.5 Å². The highest BCUT2D eigenvalue weighted by Crippen LogP contribution is 2.29. The van der Waals surface area contributed by atoms with Crippen molar-refractivity contribution < 1.29 is 0 Å². The Bertz CT molecular complexity index is 602. The molecule has 1 N–H and O–H groups in total. The van der Waals surface area contributed by atoms with Crippen LogP contribution in [0.3, 0.4) is 0 Å². The summed E-state index contributed by atoms with van der Waals surface area (Å²) in [6, 6.07) is 9.06. The van der Waals surface area contributed by atoms with Gasteiger partial charge in [-0.15, -0.1) is 0 Å². The normalized spacial score (nSPS) is 22.5. The molecule has 20 heavy (non-hydrogen) atoms. The van der Waals surface area contributed by atoms with Gasteiger partial charge in [0.25, 0.3) is 0 Å². The number of benzene rings is 1. The number of nitrogens with one attached hydrogen (secondary N) is 1. The van der Waals surface area contributed by atoms with E-state index in [9.17, 15) is 0 Å². The molecule has 0 spiro atoms. The van der Waals surface area contributed by atoms with E-state index in [2.05, 4.69) is 50.7 Å². The average Bonchev–Trinajstić information content (AvgIpc) is 2.94. The van der Waals surface area contributed by atoms with Gasteiger partial charge in [0.15, 0.2) is 0 Å². The number of rotatable bonds is 4. The fourth-order valence-electron chi connectivity index (χ4n) is 3.02. The molecule has 2 nitrogen and oxygen atoms in total. The number of hydrogen-bond donors (Lipinski definition) is 1. The summed E-state index contributed by atoms with van der Waals surface area (Å²) >= 11 is 5.60. The van der Waals surface area contributed by atoms with Gasteiger partial charge in [-0.2, -0.15) is 11.8 Å². The SMILES string of the molecule is CSC1CCCC1NCc1ccc(Br)c2cccnc12. The summed E-state index contributed by atoms with van der Waals surface area (Å²) in [7, 11) is 0. The molecule has 2 atom stereocenters.